The van der Waals surface area contributed by atoms with Crippen LogP contribution < -0.4 is 9.80 Å². The van der Waals surface area contributed by atoms with Gasteiger partial charge in [0.15, 0.2) is 23.1 Å². The van der Waals surface area contributed by atoms with Crippen LogP contribution in [0.15, 0.2) is 267 Å². The van der Waals surface area contributed by atoms with Gasteiger partial charge in [0.2, 0.25) is 23.6 Å². The van der Waals surface area contributed by atoms with Crippen LogP contribution in [-0.4, -0.2) is 169 Å². The number of likely N-dealkylation sites (tertiary alicyclic amines) is 4. The van der Waals surface area contributed by atoms with Gasteiger partial charge in [0, 0.05) is 63.2 Å². The van der Waals surface area contributed by atoms with Crippen LogP contribution >= 0.6 is 0 Å². The summed E-state index contributed by atoms with van der Waals surface area (Å²) in [6.07, 6.45) is 8.50. The van der Waals surface area contributed by atoms with Crippen molar-refractivity contribution < 1.29 is 85.3 Å². The molecule has 0 radical (unpaired) electrons. The molecule has 6 aliphatic rings. The summed E-state index contributed by atoms with van der Waals surface area (Å²) in [6, 6.07) is 79.3. The van der Waals surface area contributed by atoms with Crippen molar-refractivity contribution in [2.75, 3.05) is 64.4 Å². The van der Waals surface area contributed by atoms with E-state index in [1.807, 2.05) is 170 Å². The molecule has 137 heavy (non-hydrogen) atoms. The first-order valence-electron chi connectivity index (χ1n) is 47.3. The van der Waals surface area contributed by atoms with Gasteiger partial charge in [0.25, 0.3) is 0 Å². The summed E-state index contributed by atoms with van der Waals surface area (Å²) in [4.78, 5) is 172. The number of methoxy groups -OCH3 is 4. The number of anilines is 2. The maximum atomic E-state index is 14.3. The summed E-state index contributed by atoms with van der Waals surface area (Å²) >= 11 is 0. The summed E-state index contributed by atoms with van der Waals surface area (Å²) in [5, 5.41) is 0. The zero-order valence-corrected chi connectivity index (χ0v) is 77.3. The first-order chi connectivity index (χ1) is 66.0. The number of rotatable bonds is 34. The van der Waals surface area contributed by atoms with E-state index in [4.69, 9.17) is 18.9 Å². The third-order valence-corrected chi connectivity index (χ3v) is 28.0. The molecule has 0 unspecified atom stereocenters. The Morgan fingerprint density at radius 2 is 0.467 bits per heavy atom. The minimum Gasteiger partial charge on any atom is -0.469 e. The lowest BCUT2D eigenvalue weighted by Crippen LogP contribution is -2.44. The van der Waals surface area contributed by atoms with Gasteiger partial charge in [-0.2, -0.15) is 0 Å². The van der Waals surface area contributed by atoms with Gasteiger partial charge in [0.05, 0.1) is 126 Å². The number of Topliss-reactive ketones (excluding diaryl/α,β-unsaturated/α-hetero) is 4. The number of ketones is 4. The molecular formula is C113H120F2N6O16. The Kier molecular flexibility index (Phi) is 33.7. The van der Waals surface area contributed by atoms with Gasteiger partial charge in [-0.3, -0.25) is 57.5 Å². The Morgan fingerprint density at radius 1 is 0.270 bits per heavy atom. The van der Waals surface area contributed by atoms with Crippen molar-refractivity contribution in [2.24, 2.45) is 0 Å². The average Bonchev–Trinajstić information content (AvgIpc) is 1.63. The van der Waals surface area contributed by atoms with Crippen LogP contribution in [-0.2, 0) is 102 Å². The fourth-order valence-electron chi connectivity index (χ4n) is 21.0. The van der Waals surface area contributed by atoms with Gasteiger partial charge in [-0.1, -0.05) is 226 Å². The number of benzene rings is 10. The minimum atomic E-state index is -0.745. The third kappa shape index (κ3) is 23.8. The maximum Gasteiger partial charge on any atom is 0.306 e. The van der Waals surface area contributed by atoms with E-state index >= 15 is 0 Å². The van der Waals surface area contributed by atoms with Gasteiger partial charge in [0.1, 0.15) is 11.6 Å². The van der Waals surface area contributed by atoms with Crippen LogP contribution in [0.25, 0.3) is 0 Å². The second-order valence-electron chi connectivity index (χ2n) is 36.3. The molecule has 22 nitrogen and oxygen atoms in total. The van der Waals surface area contributed by atoms with Crippen molar-refractivity contribution in [1.82, 2.24) is 19.6 Å². The Bertz CT molecular complexity index is 5190. The number of amides is 4. The third-order valence-electron chi connectivity index (χ3n) is 28.0. The molecule has 712 valence electrons. The number of carbonyl (C=O) groups is 12. The van der Waals surface area contributed by atoms with Gasteiger partial charge in [-0.25, -0.2) is 8.78 Å². The highest BCUT2D eigenvalue weighted by Gasteiger charge is 2.45. The second-order valence-corrected chi connectivity index (χ2v) is 36.3. The van der Waals surface area contributed by atoms with Crippen LogP contribution in [0, 0.1) is 11.6 Å². The SMILES string of the molecule is C.COC(=O)C[C@@H](C(=O)N1CCC[C@H]1C(=O)Cc1ccc([C@@H]2CC[C@@H](c3ccc(CC(=O)[C@@H]4CCCN4C(=O)[C@H](CC(=O)OC)c4ccccc4)cc3)N2c2ccc(F)cc2)cc1)c1ccccc1.COC(=O)C[C@@H](C(=O)N1CCC[C@H]1C(=O)Cc1ccc([C@H]2CC[C@H](c3ccc(CC(=O)[C@@H]4CCCN4C(=O)[C@H](CC(=O)OC)c4ccccc4)cc3)N2c2ccc(F)cc2)cc1)c1ccccc1. The summed E-state index contributed by atoms with van der Waals surface area (Å²) < 4.78 is 48.2. The van der Waals surface area contributed by atoms with Crippen molar-refractivity contribution >= 4 is 82.0 Å². The van der Waals surface area contributed by atoms with Gasteiger partial charge in [-0.15, -0.1) is 0 Å². The van der Waals surface area contributed by atoms with E-state index in [-0.39, 0.29) is 141 Å². The van der Waals surface area contributed by atoms with Gasteiger partial charge in [-0.05, 0) is 192 Å². The van der Waals surface area contributed by atoms with E-state index < -0.39 is 71.7 Å². The number of hydrogen-bond donors (Lipinski definition) is 0. The van der Waals surface area contributed by atoms with Crippen molar-refractivity contribution in [3.05, 3.63) is 345 Å². The Balaban J connectivity index is 0.000000217. The first-order valence-corrected chi connectivity index (χ1v) is 47.3. The molecule has 6 saturated heterocycles. The number of halogens is 2. The van der Waals surface area contributed by atoms with E-state index in [2.05, 4.69) is 58.3 Å². The fraction of sp³-hybridized carbons (Fsp3) is 0.363. The van der Waals surface area contributed by atoms with Crippen LogP contribution in [0.1, 0.15) is 225 Å². The molecule has 10 aromatic rings. The van der Waals surface area contributed by atoms with Crippen molar-refractivity contribution in [3.63, 3.8) is 0 Å². The van der Waals surface area contributed by atoms with E-state index in [1.165, 1.54) is 52.7 Å². The predicted octanol–water partition coefficient (Wildman–Crippen LogP) is 18.3. The van der Waals surface area contributed by atoms with Crippen molar-refractivity contribution in [2.45, 2.75) is 208 Å². The fourth-order valence-corrected chi connectivity index (χ4v) is 21.0. The average molecular weight is 1860 g/mol. The number of ether oxygens (including phenoxy) is 4. The molecule has 0 saturated carbocycles. The molecule has 6 heterocycles. The van der Waals surface area contributed by atoms with E-state index in [1.54, 1.807) is 43.9 Å². The number of carbonyl (C=O) groups excluding carboxylic acids is 12. The molecular weight excluding hydrogens is 1740 g/mol. The largest absolute Gasteiger partial charge is 0.469 e. The predicted molar refractivity (Wildman–Crippen MR) is 517 cm³/mol. The molecule has 0 aliphatic carbocycles. The Morgan fingerprint density at radius 3 is 0.657 bits per heavy atom. The normalized spacial score (nSPS) is 19.8. The Hall–Kier alpha value is -13.9. The number of hydrogen-bond acceptors (Lipinski definition) is 18. The van der Waals surface area contributed by atoms with Crippen LogP contribution in [0.5, 0.6) is 0 Å². The van der Waals surface area contributed by atoms with Crippen LogP contribution in [0.2, 0.25) is 0 Å². The lowest BCUT2D eigenvalue weighted by molar-refractivity contribution is -0.146. The highest BCUT2D eigenvalue weighted by Crippen LogP contribution is 2.50. The summed E-state index contributed by atoms with van der Waals surface area (Å²) in [6.45, 7) is 1.78. The van der Waals surface area contributed by atoms with Crippen molar-refractivity contribution in [3.8, 4) is 0 Å². The summed E-state index contributed by atoms with van der Waals surface area (Å²) in [5.41, 5.74) is 12.1. The zero-order valence-electron chi connectivity index (χ0n) is 77.3. The number of esters is 4. The molecule has 6 fully saturated rings. The molecule has 0 bridgehead atoms. The lowest BCUT2D eigenvalue weighted by Gasteiger charge is -2.33. The van der Waals surface area contributed by atoms with Gasteiger partial charge < -0.3 is 48.3 Å². The van der Waals surface area contributed by atoms with Crippen LogP contribution in [0.3, 0.4) is 0 Å². The van der Waals surface area contributed by atoms with E-state index in [0.717, 1.165) is 81.6 Å². The van der Waals surface area contributed by atoms with E-state index in [9.17, 15) is 66.3 Å². The lowest BCUT2D eigenvalue weighted by atomic mass is 9.93. The molecule has 0 aromatic heterocycles. The summed E-state index contributed by atoms with van der Waals surface area (Å²) in [7, 11) is 5.21. The highest BCUT2D eigenvalue weighted by molar-refractivity contribution is 5.98. The smallest absolute Gasteiger partial charge is 0.306 e. The Labute approximate surface area is 800 Å². The molecule has 16 rings (SSSR count). The second kappa shape index (κ2) is 46.6. The molecule has 0 N–H and O–H groups in total. The van der Waals surface area contributed by atoms with Crippen LogP contribution in [0.4, 0.5) is 20.2 Å². The minimum absolute atomic E-state index is 0. The van der Waals surface area contributed by atoms with Gasteiger partial charge >= 0.3 is 23.9 Å². The molecule has 24 heteroatoms. The first kappa shape index (κ1) is 99.1. The number of nitrogens with zero attached hydrogens (tertiary/aromatic N) is 6. The van der Waals surface area contributed by atoms with E-state index in [0.29, 0.717) is 99.8 Å². The summed E-state index contributed by atoms with van der Waals surface area (Å²) in [5.74, 6) is -6.76. The molecule has 10 aromatic carbocycles. The molecule has 12 atom stereocenters. The molecule has 0 spiro atoms. The quantitative estimate of drug-likeness (QED) is 0.0268. The maximum absolute atomic E-state index is 14.3. The topological polar surface area (TPSA) is 261 Å². The monoisotopic (exact) mass is 1850 g/mol. The highest BCUT2D eigenvalue weighted by atomic mass is 19.1. The standard InChI is InChI=1S/2C56H58FN3O8.CH4/c2*1-67-53(63)35-45(39-11-5-3-6-12-39)55(65)58-31-9-15-49(58)51(61)33-37-17-21-41(22-18-37)47-29-30-48(60(47)44-27-25-43(57)26-28-44)42-23-19-38(20-24-42)34-52(62)50-16-10-32-59(50)56(66)46(36-54(64)68-2)40-13-7-4-8-14-40;/h2*3-8,11-14,17-28,45-50H,9-10,15-16,29-36H2,1-2H3;1H4/t45-,46-,47+,48+,49+,50+;45-,46-,47-,48-,49+,50+;/m11./s1. The molecule has 4 amide bonds. The molecule has 6 aliphatic heterocycles. The van der Waals surface area contributed by atoms with Crippen molar-refractivity contribution in [1.29, 1.82) is 0 Å². The zero-order chi connectivity index (χ0) is 95.5.